The zero-order valence-corrected chi connectivity index (χ0v) is 15.3. The minimum Gasteiger partial charge on any atom is -0.494 e. The van der Waals surface area contributed by atoms with Gasteiger partial charge in [-0.1, -0.05) is 6.92 Å². The highest BCUT2D eigenvalue weighted by Crippen LogP contribution is 2.27. The molecule has 0 aliphatic carbocycles. The molecule has 0 fully saturated rings. The first-order chi connectivity index (χ1) is 12.1. The number of aromatic nitrogens is 3. The Morgan fingerprint density at radius 2 is 2.04 bits per heavy atom. The fourth-order valence-corrected chi connectivity index (χ4v) is 3.14. The SMILES string of the molecule is CCOc1ccc(-c2csc(-n3nc(C)cc3NC(=O)CC)n2)cc1. The van der Waals surface area contributed by atoms with Gasteiger partial charge in [-0.2, -0.15) is 9.78 Å². The number of nitrogens with one attached hydrogen (secondary N) is 1. The van der Waals surface area contributed by atoms with Gasteiger partial charge in [0.15, 0.2) is 0 Å². The van der Waals surface area contributed by atoms with Crippen LogP contribution in [0.3, 0.4) is 0 Å². The molecule has 0 unspecified atom stereocenters. The van der Waals surface area contributed by atoms with Gasteiger partial charge in [0, 0.05) is 23.4 Å². The number of carbonyl (C=O) groups excluding carboxylic acids is 1. The number of nitrogens with zero attached hydrogens (tertiary/aromatic N) is 3. The molecule has 0 saturated carbocycles. The Morgan fingerprint density at radius 1 is 1.28 bits per heavy atom. The summed E-state index contributed by atoms with van der Waals surface area (Å²) in [4.78, 5) is 16.4. The van der Waals surface area contributed by atoms with Gasteiger partial charge < -0.3 is 10.1 Å². The molecule has 1 N–H and O–H groups in total. The van der Waals surface area contributed by atoms with Gasteiger partial charge >= 0.3 is 0 Å². The maximum Gasteiger partial charge on any atom is 0.225 e. The molecule has 7 heteroatoms. The lowest BCUT2D eigenvalue weighted by molar-refractivity contribution is -0.115. The van der Waals surface area contributed by atoms with Crippen molar-refractivity contribution in [2.75, 3.05) is 11.9 Å². The van der Waals surface area contributed by atoms with Gasteiger partial charge in [0.2, 0.25) is 11.0 Å². The summed E-state index contributed by atoms with van der Waals surface area (Å²) in [5.41, 5.74) is 2.70. The number of anilines is 1. The third kappa shape index (κ3) is 3.88. The summed E-state index contributed by atoms with van der Waals surface area (Å²) in [6, 6.07) is 9.67. The first-order valence-electron chi connectivity index (χ1n) is 8.16. The molecule has 2 aromatic heterocycles. The lowest BCUT2D eigenvalue weighted by Gasteiger charge is -2.05. The van der Waals surface area contributed by atoms with Crippen LogP contribution < -0.4 is 10.1 Å². The van der Waals surface area contributed by atoms with Crippen LogP contribution in [0.2, 0.25) is 0 Å². The Morgan fingerprint density at radius 3 is 2.72 bits per heavy atom. The van der Waals surface area contributed by atoms with Crippen molar-refractivity contribution >= 4 is 23.1 Å². The van der Waals surface area contributed by atoms with Crippen molar-refractivity contribution < 1.29 is 9.53 Å². The Kier molecular flexibility index (Phi) is 5.14. The largest absolute Gasteiger partial charge is 0.494 e. The monoisotopic (exact) mass is 356 g/mol. The zero-order valence-electron chi connectivity index (χ0n) is 14.4. The molecular weight excluding hydrogens is 336 g/mol. The fourth-order valence-electron chi connectivity index (χ4n) is 2.35. The van der Waals surface area contributed by atoms with Crippen LogP contribution in [-0.2, 0) is 4.79 Å². The lowest BCUT2D eigenvalue weighted by atomic mass is 10.2. The van der Waals surface area contributed by atoms with E-state index in [1.54, 1.807) is 4.68 Å². The van der Waals surface area contributed by atoms with E-state index in [9.17, 15) is 4.79 Å². The number of ether oxygens (including phenoxy) is 1. The summed E-state index contributed by atoms with van der Waals surface area (Å²) < 4.78 is 7.14. The van der Waals surface area contributed by atoms with E-state index >= 15 is 0 Å². The first kappa shape index (κ1) is 17.2. The van der Waals surface area contributed by atoms with Crippen LogP contribution in [0.4, 0.5) is 5.82 Å². The summed E-state index contributed by atoms with van der Waals surface area (Å²) in [5, 5.41) is 10.00. The summed E-state index contributed by atoms with van der Waals surface area (Å²) in [5.74, 6) is 1.43. The minimum absolute atomic E-state index is 0.0514. The van der Waals surface area contributed by atoms with Crippen LogP contribution in [0.1, 0.15) is 26.0 Å². The molecule has 0 spiro atoms. The lowest BCUT2D eigenvalue weighted by Crippen LogP contribution is -2.13. The smallest absolute Gasteiger partial charge is 0.225 e. The number of hydrogen-bond acceptors (Lipinski definition) is 5. The Bertz CT molecular complexity index is 868. The Labute approximate surface area is 150 Å². The van der Waals surface area contributed by atoms with Gasteiger partial charge in [0.1, 0.15) is 11.6 Å². The van der Waals surface area contributed by atoms with E-state index in [0.717, 1.165) is 22.7 Å². The van der Waals surface area contributed by atoms with Gasteiger partial charge in [-0.25, -0.2) is 4.98 Å². The van der Waals surface area contributed by atoms with Crippen molar-refractivity contribution in [3.8, 4) is 22.1 Å². The fraction of sp³-hybridized carbons (Fsp3) is 0.278. The maximum absolute atomic E-state index is 11.7. The number of amides is 1. The number of thiazole rings is 1. The quantitative estimate of drug-likeness (QED) is 0.723. The second-order valence-corrected chi connectivity index (χ2v) is 6.29. The summed E-state index contributed by atoms with van der Waals surface area (Å²) in [7, 11) is 0. The zero-order chi connectivity index (χ0) is 17.8. The van der Waals surface area contributed by atoms with Crippen molar-refractivity contribution in [2.24, 2.45) is 0 Å². The molecular formula is C18H20N4O2S. The Hall–Kier alpha value is -2.67. The van der Waals surface area contributed by atoms with E-state index in [4.69, 9.17) is 4.74 Å². The van der Waals surface area contributed by atoms with Crippen molar-refractivity contribution in [3.05, 3.63) is 41.4 Å². The topological polar surface area (TPSA) is 69.0 Å². The highest BCUT2D eigenvalue weighted by Gasteiger charge is 2.14. The van der Waals surface area contributed by atoms with Crippen LogP contribution in [0.15, 0.2) is 35.7 Å². The van der Waals surface area contributed by atoms with Crippen LogP contribution in [0.5, 0.6) is 5.75 Å². The van der Waals surface area contributed by atoms with Gasteiger partial charge in [0.05, 0.1) is 18.0 Å². The highest BCUT2D eigenvalue weighted by molar-refractivity contribution is 7.12. The van der Waals surface area contributed by atoms with Crippen molar-refractivity contribution in [3.63, 3.8) is 0 Å². The molecule has 3 rings (SSSR count). The van der Waals surface area contributed by atoms with E-state index in [2.05, 4.69) is 15.4 Å². The number of aryl methyl sites for hydroxylation is 1. The van der Waals surface area contributed by atoms with Gasteiger partial charge in [-0.15, -0.1) is 11.3 Å². The minimum atomic E-state index is -0.0514. The standard InChI is InChI=1S/C18H20N4O2S/c1-4-17(23)20-16-10-12(3)21-22(16)18-19-15(11-25-18)13-6-8-14(9-7-13)24-5-2/h6-11H,4-5H2,1-3H3,(H,20,23). The van der Waals surface area contributed by atoms with Crippen LogP contribution in [-0.4, -0.2) is 27.3 Å². The van der Waals surface area contributed by atoms with Gasteiger partial charge in [-0.05, 0) is 38.1 Å². The van der Waals surface area contributed by atoms with E-state index in [-0.39, 0.29) is 5.91 Å². The molecule has 0 atom stereocenters. The average Bonchev–Trinajstić information content (AvgIpc) is 3.22. The molecule has 25 heavy (non-hydrogen) atoms. The predicted molar refractivity (Wildman–Crippen MR) is 99.5 cm³/mol. The van der Waals surface area contributed by atoms with Gasteiger partial charge in [-0.3, -0.25) is 4.79 Å². The normalized spacial score (nSPS) is 10.7. The van der Waals surface area contributed by atoms with Crippen molar-refractivity contribution in [1.29, 1.82) is 0 Å². The number of benzene rings is 1. The molecule has 2 heterocycles. The Balaban J connectivity index is 1.87. The van der Waals surface area contributed by atoms with Crippen LogP contribution >= 0.6 is 11.3 Å². The molecule has 1 amide bonds. The number of carbonyl (C=O) groups is 1. The highest BCUT2D eigenvalue weighted by atomic mass is 32.1. The molecule has 1 aromatic carbocycles. The molecule has 0 aliphatic rings. The maximum atomic E-state index is 11.7. The number of rotatable bonds is 6. The van der Waals surface area contributed by atoms with E-state index in [1.165, 1.54) is 11.3 Å². The molecule has 0 aliphatic heterocycles. The summed E-state index contributed by atoms with van der Waals surface area (Å²) >= 11 is 1.48. The van der Waals surface area contributed by atoms with E-state index in [1.807, 2.05) is 56.5 Å². The third-order valence-electron chi connectivity index (χ3n) is 3.55. The van der Waals surface area contributed by atoms with E-state index < -0.39 is 0 Å². The summed E-state index contributed by atoms with van der Waals surface area (Å²) in [6.45, 7) is 6.31. The van der Waals surface area contributed by atoms with Gasteiger partial charge in [0.25, 0.3) is 0 Å². The van der Waals surface area contributed by atoms with E-state index in [0.29, 0.717) is 24.0 Å². The first-order valence-corrected chi connectivity index (χ1v) is 9.04. The molecule has 0 radical (unpaired) electrons. The van der Waals surface area contributed by atoms with Crippen LogP contribution in [0.25, 0.3) is 16.4 Å². The second-order valence-electron chi connectivity index (χ2n) is 5.46. The second kappa shape index (κ2) is 7.48. The summed E-state index contributed by atoms with van der Waals surface area (Å²) in [6.07, 6.45) is 0.416. The molecule has 130 valence electrons. The third-order valence-corrected chi connectivity index (χ3v) is 4.37. The predicted octanol–water partition coefficient (Wildman–Crippen LogP) is 4.05. The molecule has 0 bridgehead atoms. The molecule has 6 nitrogen and oxygen atoms in total. The van der Waals surface area contributed by atoms with Crippen molar-refractivity contribution in [1.82, 2.24) is 14.8 Å². The van der Waals surface area contributed by atoms with Crippen molar-refractivity contribution in [2.45, 2.75) is 27.2 Å². The molecule has 3 aromatic rings. The van der Waals surface area contributed by atoms with Crippen LogP contribution in [0, 0.1) is 6.92 Å². The number of hydrogen-bond donors (Lipinski definition) is 1. The average molecular weight is 356 g/mol. The molecule has 0 saturated heterocycles.